The average Bonchev–Trinajstić information content (AvgIpc) is 2.58. The molecular weight excluding hydrogens is 288 g/mol. The van der Waals surface area contributed by atoms with E-state index in [-0.39, 0.29) is 6.03 Å². The summed E-state index contributed by atoms with van der Waals surface area (Å²) in [6.07, 6.45) is 5.48. The van der Waals surface area contributed by atoms with Crippen LogP contribution in [-0.4, -0.2) is 35.0 Å². The van der Waals surface area contributed by atoms with Gasteiger partial charge in [0.25, 0.3) is 0 Å². The van der Waals surface area contributed by atoms with Crippen LogP contribution in [0.25, 0.3) is 0 Å². The summed E-state index contributed by atoms with van der Waals surface area (Å²) in [7, 11) is 0. The lowest BCUT2D eigenvalue weighted by molar-refractivity contribution is 0.197. The van der Waals surface area contributed by atoms with Crippen molar-refractivity contribution in [3.05, 3.63) is 54.4 Å². The van der Waals surface area contributed by atoms with Gasteiger partial charge in [-0.2, -0.15) is 0 Å². The molecule has 1 aliphatic heterocycles. The van der Waals surface area contributed by atoms with Crippen LogP contribution in [0.1, 0.15) is 18.4 Å². The maximum absolute atomic E-state index is 12.3. The summed E-state index contributed by atoms with van der Waals surface area (Å²) in [5.74, 6) is 0. The van der Waals surface area contributed by atoms with Gasteiger partial charge in [0.1, 0.15) is 0 Å². The highest BCUT2D eigenvalue weighted by molar-refractivity contribution is 5.89. The summed E-state index contributed by atoms with van der Waals surface area (Å²) in [4.78, 5) is 18.3. The topological polar surface area (TPSA) is 57.3 Å². The maximum atomic E-state index is 12.3. The van der Waals surface area contributed by atoms with Gasteiger partial charge >= 0.3 is 6.03 Å². The molecule has 0 aliphatic carbocycles. The third kappa shape index (κ3) is 4.22. The van der Waals surface area contributed by atoms with Crippen molar-refractivity contribution in [3.63, 3.8) is 0 Å². The molecule has 0 radical (unpaired) electrons. The van der Waals surface area contributed by atoms with E-state index in [1.165, 1.54) is 5.56 Å². The standard InChI is InChI=1S/C18H22N4O/c1-14-4-6-15(7-5-14)21-18(23)22-11-8-16(9-12-22)20-17-3-2-10-19-13-17/h2-7,10,13,16,20H,8-9,11-12H2,1H3,(H,21,23). The molecule has 2 N–H and O–H groups in total. The molecule has 2 heterocycles. The van der Waals surface area contributed by atoms with E-state index in [9.17, 15) is 4.79 Å². The summed E-state index contributed by atoms with van der Waals surface area (Å²) in [6.45, 7) is 3.55. The van der Waals surface area contributed by atoms with Crippen LogP contribution >= 0.6 is 0 Å². The Morgan fingerprint density at radius 2 is 1.87 bits per heavy atom. The summed E-state index contributed by atoms with van der Waals surface area (Å²) in [5.41, 5.74) is 3.07. The largest absolute Gasteiger partial charge is 0.381 e. The highest BCUT2D eigenvalue weighted by atomic mass is 16.2. The predicted molar refractivity (Wildman–Crippen MR) is 92.7 cm³/mol. The number of aromatic nitrogens is 1. The van der Waals surface area contributed by atoms with Crippen LogP contribution in [0.5, 0.6) is 0 Å². The molecule has 0 atom stereocenters. The second kappa shape index (κ2) is 7.13. The molecule has 23 heavy (non-hydrogen) atoms. The first kappa shape index (κ1) is 15.3. The van der Waals surface area contributed by atoms with Gasteiger partial charge in [-0.15, -0.1) is 0 Å². The number of nitrogens with one attached hydrogen (secondary N) is 2. The number of nitrogens with zero attached hydrogens (tertiary/aromatic N) is 2. The van der Waals surface area contributed by atoms with Gasteiger partial charge in [0.2, 0.25) is 0 Å². The zero-order chi connectivity index (χ0) is 16.1. The van der Waals surface area contributed by atoms with Gasteiger partial charge in [0.15, 0.2) is 0 Å². The number of carbonyl (C=O) groups excluding carboxylic acids is 1. The molecule has 0 spiro atoms. The SMILES string of the molecule is Cc1ccc(NC(=O)N2CCC(Nc3cccnc3)CC2)cc1. The van der Waals surface area contributed by atoms with E-state index in [2.05, 4.69) is 15.6 Å². The number of hydrogen-bond donors (Lipinski definition) is 2. The van der Waals surface area contributed by atoms with E-state index in [1.807, 2.05) is 54.4 Å². The number of hydrogen-bond acceptors (Lipinski definition) is 3. The molecule has 1 saturated heterocycles. The first-order valence-electron chi connectivity index (χ1n) is 8.00. The van der Waals surface area contributed by atoms with Crippen LogP contribution in [0.2, 0.25) is 0 Å². The molecule has 0 saturated carbocycles. The number of piperidine rings is 1. The van der Waals surface area contributed by atoms with Gasteiger partial charge in [-0.25, -0.2) is 4.79 Å². The Kier molecular flexibility index (Phi) is 4.76. The summed E-state index contributed by atoms with van der Waals surface area (Å²) < 4.78 is 0. The molecule has 1 aromatic carbocycles. The van der Waals surface area contributed by atoms with Gasteiger partial charge in [0, 0.05) is 37.2 Å². The fourth-order valence-corrected chi connectivity index (χ4v) is 2.75. The van der Waals surface area contributed by atoms with E-state index in [1.54, 1.807) is 6.20 Å². The van der Waals surface area contributed by atoms with Crippen molar-refractivity contribution in [1.82, 2.24) is 9.88 Å². The van der Waals surface area contributed by atoms with Crippen molar-refractivity contribution in [1.29, 1.82) is 0 Å². The van der Waals surface area contributed by atoms with Crippen LogP contribution in [0.15, 0.2) is 48.8 Å². The Morgan fingerprint density at radius 1 is 1.13 bits per heavy atom. The Balaban J connectivity index is 1.48. The number of carbonyl (C=O) groups is 1. The first-order chi connectivity index (χ1) is 11.2. The summed E-state index contributed by atoms with van der Waals surface area (Å²) in [5, 5.41) is 6.44. The van der Waals surface area contributed by atoms with E-state index in [0.29, 0.717) is 6.04 Å². The fraction of sp³-hybridized carbons (Fsp3) is 0.333. The molecule has 2 amide bonds. The number of benzene rings is 1. The van der Waals surface area contributed by atoms with Crippen molar-refractivity contribution < 1.29 is 4.79 Å². The molecule has 5 heteroatoms. The molecule has 0 bridgehead atoms. The van der Waals surface area contributed by atoms with Crippen LogP contribution < -0.4 is 10.6 Å². The van der Waals surface area contributed by atoms with Crippen molar-refractivity contribution in [3.8, 4) is 0 Å². The Morgan fingerprint density at radius 3 is 2.52 bits per heavy atom. The zero-order valence-corrected chi connectivity index (χ0v) is 13.3. The molecule has 1 fully saturated rings. The van der Waals surface area contributed by atoms with Gasteiger partial charge in [-0.3, -0.25) is 4.98 Å². The Labute approximate surface area is 136 Å². The molecule has 0 unspecified atom stereocenters. The monoisotopic (exact) mass is 310 g/mol. The minimum atomic E-state index is -0.0197. The summed E-state index contributed by atoms with van der Waals surface area (Å²) in [6, 6.07) is 12.2. The molecule has 120 valence electrons. The molecule has 2 aromatic rings. The number of anilines is 2. The molecule has 3 rings (SSSR count). The van der Waals surface area contributed by atoms with Gasteiger partial charge in [0.05, 0.1) is 5.69 Å². The van der Waals surface area contributed by atoms with E-state index < -0.39 is 0 Å². The number of aryl methyl sites for hydroxylation is 1. The minimum absolute atomic E-state index is 0.0197. The van der Waals surface area contributed by atoms with Crippen molar-refractivity contribution in [2.45, 2.75) is 25.8 Å². The van der Waals surface area contributed by atoms with Crippen LogP contribution in [0.3, 0.4) is 0 Å². The predicted octanol–water partition coefficient (Wildman–Crippen LogP) is 3.50. The minimum Gasteiger partial charge on any atom is -0.381 e. The van der Waals surface area contributed by atoms with Crippen molar-refractivity contribution in [2.75, 3.05) is 23.7 Å². The third-order valence-corrected chi connectivity index (χ3v) is 4.12. The van der Waals surface area contributed by atoms with E-state index in [0.717, 1.165) is 37.3 Å². The lowest BCUT2D eigenvalue weighted by Crippen LogP contribution is -2.44. The second-order valence-corrected chi connectivity index (χ2v) is 5.94. The first-order valence-corrected chi connectivity index (χ1v) is 8.00. The quantitative estimate of drug-likeness (QED) is 0.912. The molecular formula is C18H22N4O. The number of pyridine rings is 1. The lowest BCUT2D eigenvalue weighted by Gasteiger charge is -2.32. The maximum Gasteiger partial charge on any atom is 0.321 e. The van der Waals surface area contributed by atoms with Gasteiger partial charge < -0.3 is 15.5 Å². The fourth-order valence-electron chi connectivity index (χ4n) is 2.75. The Hall–Kier alpha value is -2.56. The van der Waals surface area contributed by atoms with Crippen LogP contribution in [-0.2, 0) is 0 Å². The number of amides is 2. The highest BCUT2D eigenvalue weighted by Crippen LogP contribution is 2.17. The van der Waals surface area contributed by atoms with Crippen LogP contribution in [0, 0.1) is 6.92 Å². The number of rotatable bonds is 3. The van der Waals surface area contributed by atoms with Crippen molar-refractivity contribution in [2.24, 2.45) is 0 Å². The van der Waals surface area contributed by atoms with Crippen LogP contribution in [0.4, 0.5) is 16.2 Å². The molecule has 1 aliphatic rings. The summed E-state index contributed by atoms with van der Waals surface area (Å²) >= 11 is 0. The number of likely N-dealkylation sites (tertiary alicyclic amines) is 1. The van der Waals surface area contributed by atoms with Gasteiger partial charge in [-0.05, 0) is 44.0 Å². The normalized spacial score (nSPS) is 15.3. The average molecular weight is 310 g/mol. The third-order valence-electron chi connectivity index (χ3n) is 4.12. The smallest absolute Gasteiger partial charge is 0.321 e. The number of urea groups is 1. The van der Waals surface area contributed by atoms with E-state index in [4.69, 9.17) is 0 Å². The molecule has 5 nitrogen and oxygen atoms in total. The zero-order valence-electron chi connectivity index (χ0n) is 13.3. The van der Waals surface area contributed by atoms with Crippen molar-refractivity contribution >= 4 is 17.4 Å². The molecule has 1 aromatic heterocycles. The van der Waals surface area contributed by atoms with E-state index >= 15 is 0 Å². The second-order valence-electron chi connectivity index (χ2n) is 5.94. The Bertz CT molecular complexity index is 634. The highest BCUT2D eigenvalue weighted by Gasteiger charge is 2.22. The van der Waals surface area contributed by atoms with Gasteiger partial charge in [-0.1, -0.05) is 17.7 Å². The lowest BCUT2D eigenvalue weighted by atomic mass is 10.1.